The van der Waals surface area contributed by atoms with E-state index >= 15 is 0 Å². The van der Waals surface area contributed by atoms with Crippen molar-refractivity contribution in [2.45, 2.75) is 0 Å². The van der Waals surface area contributed by atoms with Crippen LogP contribution in [0, 0.1) is 20.2 Å². The Morgan fingerprint density at radius 2 is 1.29 bits per heavy atom. The van der Waals surface area contributed by atoms with Crippen LogP contribution in [0.1, 0.15) is 11.1 Å². The van der Waals surface area contributed by atoms with E-state index in [0.29, 0.717) is 5.56 Å². The molecular weight excluding hydrogens is 356 g/mol. The maximum atomic E-state index is 11.4. The molecular formula is C22H14N2O4. The van der Waals surface area contributed by atoms with Gasteiger partial charge < -0.3 is 0 Å². The van der Waals surface area contributed by atoms with Gasteiger partial charge in [0.1, 0.15) is 0 Å². The number of hydrogen-bond donors (Lipinski definition) is 0. The highest BCUT2D eigenvalue weighted by Crippen LogP contribution is 2.31. The van der Waals surface area contributed by atoms with E-state index in [1.807, 2.05) is 54.6 Å². The normalized spacial score (nSPS) is 11.3. The zero-order valence-corrected chi connectivity index (χ0v) is 14.6. The van der Waals surface area contributed by atoms with Gasteiger partial charge >= 0.3 is 0 Å². The summed E-state index contributed by atoms with van der Waals surface area (Å²) in [7, 11) is 0. The molecule has 0 heterocycles. The van der Waals surface area contributed by atoms with E-state index in [2.05, 4.69) is 6.07 Å². The average Bonchev–Trinajstić information content (AvgIpc) is 2.70. The number of nitro groups is 2. The van der Waals surface area contributed by atoms with Crippen molar-refractivity contribution < 1.29 is 9.85 Å². The van der Waals surface area contributed by atoms with Crippen molar-refractivity contribution in [3.63, 3.8) is 0 Å². The molecule has 0 saturated carbocycles. The van der Waals surface area contributed by atoms with Gasteiger partial charge in [0.05, 0.1) is 21.5 Å². The van der Waals surface area contributed by atoms with E-state index in [0.717, 1.165) is 33.2 Å². The van der Waals surface area contributed by atoms with E-state index in [9.17, 15) is 20.2 Å². The molecule has 6 nitrogen and oxygen atoms in total. The number of nitrogens with zero attached hydrogens (tertiary/aromatic N) is 2. The quantitative estimate of drug-likeness (QED) is 0.191. The number of nitro benzene ring substituents is 2. The fourth-order valence-corrected chi connectivity index (χ4v) is 3.35. The van der Waals surface area contributed by atoms with Gasteiger partial charge in [0.25, 0.3) is 11.4 Å². The zero-order valence-electron chi connectivity index (χ0n) is 14.6. The molecule has 0 aromatic heterocycles. The molecule has 0 fully saturated rings. The lowest BCUT2D eigenvalue weighted by atomic mass is 9.96. The second-order valence-corrected chi connectivity index (χ2v) is 6.32. The first-order valence-corrected chi connectivity index (χ1v) is 8.56. The lowest BCUT2D eigenvalue weighted by molar-refractivity contribution is -0.394. The highest BCUT2D eigenvalue weighted by Gasteiger charge is 2.17. The van der Waals surface area contributed by atoms with Crippen LogP contribution in [-0.2, 0) is 0 Å². The monoisotopic (exact) mass is 370 g/mol. The van der Waals surface area contributed by atoms with Crippen LogP contribution in [0.15, 0.2) is 72.8 Å². The van der Waals surface area contributed by atoms with Gasteiger partial charge in [-0.25, -0.2) is 0 Å². The predicted octanol–water partition coefficient (Wildman–Crippen LogP) is 5.98. The van der Waals surface area contributed by atoms with Crippen molar-refractivity contribution in [2.24, 2.45) is 0 Å². The van der Waals surface area contributed by atoms with Crippen LogP contribution in [0.2, 0.25) is 0 Å². The van der Waals surface area contributed by atoms with Gasteiger partial charge in [0.15, 0.2) is 0 Å². The second-order valence-electron chi connectivity index (χ2n) is 6.32. The summed E-state index contributed by atoms with van der Waals surface area (Å²) in [4.78, 5) is 21.1. The van der Waals surface area contributed by atoms with Crippen LogP contribution in [0.4, 0.5) is 11.4 Å². The summed E-state index contributed by atoms with van der Waals surface area (Å²) in [6, 6.07) is 21.6. The van der Waals surface area contributed by atoms with Crippen molar-refractivity contribution >= 4 is 45.1 Å². The zero-order chi connectivity index (χ0) is 19.7. The van der Waals surface area contributed by atoms with Gasteiger partial charge in [-0.15, -0.1) is 0 Å². The molecule has 0 aliphatic carbocycles. The molecule has 0 unspecified atom stereocenters. The molecule has 0 aliphatic rings. The van der Waals surface area contributed by atoms with Gasteiger partial charge in [-0.1, -0.05) is 54.6 Å². The van der Waals surface area contributed by atoms with Crippen LogP contribution < -0.4 is 0 Å². The second kappa shape index (κ2) is 6.92. The Morgan fingerprint density at radius 3 is 1.86 bits per heavy atom. The minimum absolute atomic E-state index is 0.296. The van der Waals surface area contributed by atoms with Crippen LogP contribution in [0.5, 0.6) is 0 Å². The maximum Gasteiger partial charge on any atom is 0.283 e. The largest absolute Gasteiger partial charge is 0.283 e. The number of hydrogen-bond acceptors (Lipinski definition) is 4. The Morgan fingerprint density at radius 1 is 0.679 bits per heavy atom. The Kier molecular flexibility index (Phi) is 4.29. The van der Waals surface area contributed by atoms with Crippen LogP contribution >= 0.6 is 0 Å². The predicted molar refractivity (Wildman–Crippen MR) is 110 cm³/mol. The van der Waals surface area contributed by atoms with Crippen LogP contribution in [0.25, 0.3) is 33.7 Å². The van der Waals surface area contributed by atoms with E-state index in [1.54, 1.807) is 6.08 Å². The lowest BCUT2D eigenvalue weighted by Crippen LogP contribution is -1.94. The fourth-order valence-electron chi connectivity index (χ4n) is 3.35. The molecule has 4 aromatic carbocycles. The summed E-state index contributed by atoms with van der Waals surface area (Å²) >= 11 is 0. The SMILES string of the molecule is O=[N+]([O-])c1ccc(C=Cc2c3ccccc3cc3ccccc23)c([N+](=O)[O-])c1. The van der Waals surface area contributed by atoms with E-state index < -0.39 is 9.85 Å². The first-order valence-electron chi connectivity index (χ1n) is 8.56. The highest BCUT2D eigenvalue weighted by molar-refractivity contribution is 6.08. The van der Waals surface area contributed by atoms with E-state index in [1.165, 1.54) is 12.1 Å². The number of non-ortho nitro benzene ring substituents is 1. The molecule has 0 spiro atoms. The fraction of sp³-hybridized carbons (Fsp3) is 0. The summed E-state index contributed by atoms with van der Waals surface area (Å²) < 4.78 is 0. The van der Waals surface area contributed by atoms with Crippen LogP contribution in [0.3, 0.4) is 0 Å². The highest BCUT2D eigenvalue weighted by atomic mass is 16.6. The van der Waals surface area contributed by atoms with Crippen molar-refractivity contribution in [1.82, 2.24) is 0 Å². The molecule has 0 radical (unpaired) electrons. The first kappa shape index (κ1) is 17.4. The Balaban J connectivity index is 1.91. The minimum Gasteiger partial charge on any atom is -0.258 e. The number of fused-ring (bicyclic) bond motifs is 2. The average molecular weight is 370 g/mol. The molecule has 0 atom stereocenters. The summed E-state index contributed by atoms with van der Waals surface area (Å²) in [6.45, 7) is 0. The molecule has 6 heteroatoms. The molecule has 0 N–H and O–H groups in total. The van der Waals surface area contributed by atoms with Gasteiger partial charge in [0.2, 0.25) is 0 Å². The molecule has 0 saturated heterocycles. The topological polar surface area (TPSA) is 86.3 Å². The van der Waals surface area contributed by atoms with E-state index in [-0.39, 0.29) is 11.4 Å². The smallest absolute Gasteiger partial charge is 0.258 e. The lowest BCUT2D eigenvalue weighted by Gasteiger charge is -2.08. The van der Waals surface area contributed by atoms with Gasteiger partial charge in [-0.3, -0.25) is 20.2 Å². The Hall–Kier alpha value is -4.06. The van der Waals surface area contributed by atoms with Crippen molar-refractivity contribution in [3.8, 4) is 0 Å². The molecule has 136 valence electrons. The third kappa shape index (κ3) is 3.07. The third-order valence-corrected chi connectivity index (χ3v) is 4.66. The number of benzene rings is 4. The third-order valence-electron chi connectivity index (χ3n) is 4.66. The van der Waals surface area contributed by atoms with Gasteiger partial charge in [0, 0.05) is 6.07 Å². The number of rotatable bonds is 4. The summed E-state index contributed by atoms with van der Waals surface area (Å²) in [6.07, 6.45) is 3.47. The van der Waals surface area contributed by atoms with Crippen molar-refractivity contribution in [1.29, 1.82) is 0 Å². The summed E-state index contributed by atoms with van der Waals surface area (Å²) in [5.41, 5.74) is 0.656. The maximum absolute atomic E-state index is 11.4. The molecule has 4 aromatic rings. The Labute approximate surface area is 159 Å². The Bertz CT molecular complexity index is 1220. The van der Waals surface area contributed by atoms with E-state index in [4.69, 9.17) is 0 Å². The molecule has 0 bridgehead atoms. The van der Waals surface area contributed by atoms with Gasteiger partial charge in [-0.05, 0) is 45.3 Å². The first-order chi connectivity index (χ1) is 13.5. The molecule has 0 amide bonds. The van der Waals surface area contributed by atoms with Gasteiger partial charge in [-0.2, -0.15) is 0 Å². The van der Waals surface area contributed by atoms with Crippen LogP contribution in [-0.4, -0.2) is 9.85 Å². The summed E-state index contributed by atoms with van der Waals surface area (Å²) in [5.74, 6) is 0. The van der Waals surface area contributed by atoms with Crippen molar-refractivity contribution in [3.05, 3.63) is 104 Å². The summed E-state index contributed by atoms with van der Waals surface area (Å²) in [5, 5.41) is 26.5. The molecule has 0 aliphatic heterocycles. The minimum atomic E-state index is -0.640. The molecule has 4 rings (SSSR count). The van der Waals surface area contributed by atoms with Crippen molar-refractivity contribution in [2.75, 3.05) is 0 Å². The standard InChI is InChI=1S/C22H14N2O4/c25-23(26)18-11-9-15(22(14-18)24(27)28)10-12-21-19-7-3-1-5-16(19)13-17-6-2-4-8-20(17)21/h1-14H. The molecule has 28 heavy (non-hydrogen) atoms.